The number of nitrogens with one attached hydrogen (secondary N) is 1. The highest BCUT2D eigenvalue weighted by Crippen LogP contribution is 2.65. The van der Waals surface area contributed by atoms with E-state index >= 15 is 0 Å². The lowest BCUT2D eigenvalue weighted by atomic mass is 9.44. The van der Waals surface area contributed by atoms with Crippen LogP contribution in [0.25, 0.3) is 0 Å². The third kappa shape index (κ3) is 2.45. The molecule has 4 aliphatic carbocycles. The van der Waals surface area contributed by atoms with Gasteiger partial charge in [0.05, 0.1) is 11.5 Å². The van der Waals surface area contributed by atoms with Crippen LogP contribution in [0.5, 0.6) is 0 Å². The number of aliphatic hydroxyl groups is 1. The van der Waals surface area contributed by atoms with Gasteiger partial charge in [0.15, 0.2) is 6.04 Å². The molecule has 4 aliphatic rings. The van der Waals surface area contributed by atoms with E-state index in [0.717, 1.165) is 19.3 Å². The van der Waals surface area contributed by atoms with Gasteiger partial charge in [-0.2, -0.15) is 0 Å². The van der Waals surface area contributed by atoms with Gasteiger partial charge in [-0.3, -0.25) is 4.79 Å². The Bertz CT molecular complexity index is 459. The van der Waals surface area contributed by atoms with Gasteiger partial charge in [0.25, 0.3) is 0 Å². The Balaban J connectivity index is 1.79. The van der Waals surface area contributed by atoms with Crippen LogP contribution in [0.2, 0.25) is 0 Å². The van der Waals surface area contributed by atoms with Gasteiger partial charge >= 0.3 is 5.97 Å². The molecule has 118 valence electrons. The number of amides is 1. The van der Waals surface area contributed by atoms with Crippen molar-refractivity contribution in [2.75, 3.05) is 0 Å². The summed E-state index contributed by atoms with van der Waals surface area (Å²) < 4.78 is 0. The second kappa shape index (κ2) is 4.70. The second-order valence-corrected chi connectivity index (χ2v) is 8.08. The normalized spacial score (nSPS) is 43.4. The minimum absolute atomic E-state index is 0.156. The van der Waals surface area contributed by atoms with Gasteiger partial charge in [-0.05, 0) is 62.7 Å². The molecule has 0 radical (unpaired) electrons. The third-order valence-corrected chi connectivity index (χ3v) is 5.87. The van der Waals surface area contributed by atoms with Gasteiger partial charge in [-0.25, -0.2) is 4.79 Å². The summed E-state index contributed by atoms with van der Waals surface area (Å²) in [5, 5.41) is 21.3. The van der Waals surface area contributed by atoms with Gasteiger partial charge in [0.2, 0.25) is 5.91 Å². The molecule has 21 heavy (non-hydrogen) atoms. The Kier molecular flexibility index (Phi) is 3.32. The zero-order valence-corrected chi connectivity index (χ0v) is 12.8. The number of hydrogen-bond donors (Lipinski definition) is 3. The summed E-state index contributed by atoms with van der Waals surface area (Å²) in [5.74, 6) is -0.112. The summed E-state index contributed by atoms with van der Waals surface area (Å²) in [4.78, 5) is 24.0. The summed E-state index contributed by atoms with van der Waals surface area (Å²) in [6, 6.07) is -1.21. The SMILES string of the molecule is CC(O)C(NC(=O)C12CC3CC(CC(C)(C3)C1)C2)C(=O)O. The Hall–Kier alpha value is -1.10. The maximum atomic E-state index is 12.8. The number of aliphatic carboxylic acids is 1. The first-order valence-electron chi connectivity index (χ1n) is 7.95. The molecular weight excluding hydrogens is 270 g/mol. The smallest absolute Gasteiger partial charge is 0.328 e. The van der Waals surface area contributed by atoms with Crippen LogP contribution in [-0.4, -0.2) is 34.2 Å². The van der Waals surface area contributed by atoms with Crippen LogP contribution in [0.4, 0.5) is 0 Å². The van der Waals surface area contributed by atoms with Crippen molar-refractivity contribution in [1.29, 1.82) is 0 Å². The van der Waals surface area contributed by atoms with E-state index in [1.807, 2.05) is 0 Å². The topological polar surface area (TPSA) is 86.6 Å². The maximum Gasteiger partial charge on any atom is 0.328 e. The van der Waals surface area contributed by atoms with E-state index in [-0.39, 0.29) is 11.3 Å². The van der Waals surface area contributed by atoms with Crippen molar-refractivity contribution >= 4 is 11.9 Å². The summed E-state index contributed by atoms with van der Waals surface area (Å²) in [6.45, 7) is 3.68. The molecule has 0 aliphatic heterocycles. The number of carboxylic acids is 1. The van der Waals surface area contributed by atoms with Gasteiger partial charge in [-0.15, -0.1) is 0 Å². The van der Waals surface area contributed by atoms with Crippen molar-refractivity contribution in [1.82, 2.24) is 5.32 Å². The van der Waals surface area contributed by atoms with Crippen LogP contribution in [-0.2, 0) is 9.59 Å². The van der Waals surface area contributed by atoms with Crippen molar-refractivity contribution in [3.8, 4) is 0 Å². The minimum Gasteiger partial charge on any atom is -0.480 e. The molecule has 1 amide bonds. The monoisotopic (exact) mass is 295 g/mol. The molecule has 4 fully saturated rings. The first kappa shape index (κ1) is 14.8. The summed E-state index contributed by atoms with van der Waals surface area (Å²) in [5.41, 5.74) is -0.160. The van der Waals surface area contributed by atoms with Crippen LogP contribution in [0.3, 0.4) is 0 Å². The zero-order valence-electron chi connectivity index (χ0n) is 12.8. The molecular formula is C16H25NO4. The van der Waals surface area contributed by atoms with Crippen LogP contribution < -0.4 is 5.32 Å². The summed E-state index contributed by atoms with van der Waals surface area (Å²) in [6.07, 6.45) is 5.19. The molecule has 5 nitrogen and oxygen atoms in total. The van der Waals surface area contributed by atoms with E-state index in [9.17, 15) is 14.7 Å². The highest BCUT2D eigenvalue weighted by Gasteiger charge is 2.59. The number of rotatable bonds is 4. The van der Waals surface area contributed by atoms with E-state index in [0.29, 0.717) is 11.8 Å². The van der Waals surface area contributed by atoms with E-state index < -0.39 is 23.5 Å². The molecule has 4 unspecified atom stereocenters. The molecule has 3 N–H and O–H groups in total. The predicted molar refractivity (Wildman–Crippen MR) is 76.5 cm³/mol. The molecule has 0 spiro atoms. The molecule has 0 aromatic heterocycles. The fourth-order valence-corrected chi connectivity index (χ4v) is 5.67. The van der Waals surface area contributed by atoms with Crippen molar-refractivity contribution in [2.24, 2.45) is 22.7 Å². The molecule has 0 aromatic rings. The van der Waals surface area contributed by atoms with Crippen LogP contribution in [0.15, 0.2) is 0 Å². The first-order valence-corrected chi connectivity index (χ1v) is 7.95. The molecule has 0 aromatic carbocycles. The number of carboxylic acid groups (broad SMARTS) is 1. The lowest BCUT2D eigenvalue weighted by Crippen LogP contribution is -2.60. The number of carbonyl (C=O) groups excluding carboxylic acids is 1. The minimum atomic E-state index is -1.21. The zero-order chi connectivity index (χ0) is 15.4. The fourth-order valence-electron chi connectivity index (χ4n) is 5.67. The van der Waals surface area contributed by atoms with Gasteiger partial charge in [0.1, 0.15) is 0 Å². The summed E-state index contributed by atoms with van der Waals surface area (Å²) in [7, 11) is 0. The Morgan fingerprint density at radius 3 is 2.19 bits per heavy atom. The number of hydrogen-bond acceptors (Lipinski definition) is 3. The highest BCUT2D eigenvalue weighted by atomic mass is 16.4. The van der Waals surface area contributed by atoms with Crippen molar-refractivity contribution in [3.05, 3.63) is 0 Å². The lowest BCUT2D eigenvalue weighted by Gasteiger charge is -2.60. The van der Waals surface area contributed by atoms with Crippen molar-refractivity contribution in [3.63, 3.8) is 0 Å². The third-order valence-electron chi connectivity index (χ3n) is 5.87. The lowest BCUT2D eigenvalue weighted by molar-refractivity contribution is -0.160. The van der Waals surface area contributed by atoms with Gasteiger partial charge in [0, 0.05) is 0 Å². The van der Waals surface area contributed by atoms with Crippen LogP contribution in [0.1, 0.15) is 52.4 Å². The average molecular weight is 295 g/mol. The second-order valence-electron chi connectivity index (χ2n) is 8.08. The number of carbonyl (C=O) groups is 2. The van der Waals surface area contributed by atoms with Crippen LogP contribution in [0, 0.1) is 22.7 Å². The van der Waals surface area contributed by atoms with E-state index in [2.05, 4.69) is 12.2 Å². The number of aliphatic hydroxyl groups excluding tert-OH is 1. The van der Waals surface area contributed by atoms with Crippen molar-refractivity contribution < 1.29 is 19.8 Å². The summed E-state index contributed by atoms with van der Waals surface area (Å²) >= 11 is 0. The molecule has 4 rings (SSSR count). The van der Waals surface area contributed by atoms with E-state index in [1.54, 1.807) is 0 Å². The van der Waals surface area contributed by atoms with Gasteiger partial charge in [-0.1, -0.05) is 6.92 Å². The molecule has 0 saturated heterocycles. The standard InChI is InChI=1S/C16H25NO4/c1-9(18)12(13(19)20)17-14(21)16-6-10-3-11(7-16)5-15(2,4-10)8-16/h9-12,18H,3-8H2,1-2H3,(H,17,21)(H,19,20). The largest absolute Gasteiger partial charge is 0.480 e. The highest BCUT2D eigenvalue weighted by molar-refractivity contribution is 5.88. The first-order chi connectivity index (χ1) is 9.73. The average Bonchev–Trinajstić information content (AvgIpc) is 2.31. The van der Waals surface area contributed by atoms with Crippen LogP contribution >= 0.6 is 0 Å². The van der Waals surface area contributed by atoms with E-state index in [1.165, 1.54) is 26.2 Å². The Morgan fingerprint density at radius 1 is 1.19 bits per heavy atom. The fraction of sp³-hybridized carbons (Fsp3) is 0.875. The molecule has 5 heteroatoms. The Labute approximate surface area is 125 Å². The molecule has 4 atom stereocenters. The quantitative estimate of drug-likeness (QED) is 0.734. The molecule has 4 bridgehead atoms. The van der Waals surface area contributed by atoms with E-state index in [4.69, 9.17) is 5.11 Å². The van der Waals surface area contributed by atoms with Gasteiger partial charge < -0.3 is 15.5 Å². The van der Waals surface area contributed by atoms with Crippen molar-refractivity contribution in [2.45, 2.75) is 64.5 Å². The molecule has 4 saturated carbocycles. The predicted octanol–water partition coefficient (Wildman–Crippen LogP) is 1.54. The maximum absolute atomic E-state index is 12.8. The molecule has 0 heterocycles. The Morgan fingerprint density at radius 2 is 1.76 bits per heavy atom.